The van der Waals surface area contributed by atoms with Crippen LogP contribution in [-0.4, -0.2) is 22.0 Å². The lowest BCUT2D eigenvalue weighted by Gasteiger charge is -2.32. The Hall–Kier alpha value is -2.63. The topological polar surface area (TPSA) is 92.4 Å². The summed E-state index contributed by atoms with van der Waals surface area (Å²) in [5, 5.41) is 11.9. The Kier molecular flexibility index (Phi) is 3.66. The molecule has 1 saturated carbocycles. The van der Waals surface area contributed by atoms with Crippen molar-refractivity contribution >= 4 is 17.6 Å². The van der Waals surface area contributed by atoms with Gasteiger partial charge in [0.05, 0.1) is 18.0 Å². The molecule has 6 heteroatoms. The molecule has 0 saturated heterocycles. The van der Waals surface area contributed by atoms with Crippen LogP contribution in [0.25, 0.3) is 11.5 Å². The Morgan fingerprint density at radius 3 is 2.68 bits per heavy atom. The molecule has 0 aliphatic heterocycles. The number of aryl methyl sites for hydroxylation is 1. The summed E-state index contributed by atoms with van der Waals surface area (Å²) < 4.78 is 5.25. The SMILES string of the molecule is Cc1ccc(-c2ncco2)cc1NC(=O)C1CCC1C(=O)O. The monoisotopic (exact) mass is 300 g/mol. The zero-order chi connectivity index (χ0) is 15.7. The minimum Gasteiger partial charge on any atom is -0.481 e. The highest BCUT2D eigenvalue weighted by atomic mass is 16.4. The Morgan fingerprint density at radius 1 is 1.32 bits per heavy atom. The van der Waals surface area contributed by atoms with Crippen LogP contribution in [0.1, 0.15) is 18.4 Å². The number of aromatic nitrogens is 1. The highest BCUT2D eigenvalue weighted by Crippen LogP contribution is 2.36. The second-order valence-electron chi connectivity index (χ2n) is 5.48. The van der Waals surface area contributed by atoms with E-state index in [0.29, 0.717) is 24.4 Å². The standard InChI is InChI=1S/C16H16N2O4/c1-9-2-3-10(15-17-6-7-22-15)8-13(9)18-14(19)11-4-5-12(11)16(20)21/h2-3,6-8,11-12H,4-5H2,1H3,(H,18,19)(H,20,21). The largest absolute Gasteiger partial charge is 0.481 e. The van der Waals surface area contributed by atoms with Crippen molar-refractivity contribution < 1.29 is 19.1 Å². The first-order valence-electron chi connectivity index (χ1n) is 7.10. The van der Waals surface area contributed by atoms with Crippen LogP contribution in [0.3, 0.4) is 0 Å². The molecule has 0 bridgehead atoms. The predicted octanol–water partition coefficient (Wildman–Crippen LogP) is 2.70. The molecular weight excluding hydrogens is 284 g/mol. The minimum absolute atomic E-state index is 0.244. The number of carboxylic acids is 1. The molecule has 0 radical (unpaired) electrons. The average Bonchev–Trinajstić information content (AvgIpc) is 2.93. The molecular formula is C16H16N2O4. The molecule has 1 heterocycles. The molecule has 1 amide bonds. The average molecular weight is 300 g/mol. The van der Waals surface area contributed by atoms with Crippen molar-refractivity contribution in [1.29, 1.82) is 0 Å². The number of carbonyl (C=O) groups excluding carboxylic acids is 1. The third kappa shape index (κ3) is 2.59. The summed E-state index contributed by atoms with van der Waals surface area (Å²) >= 11 is 0. The summed E-state index contributed by atoms with van der Waals surface area (Å²) in [6.45, 7) is 1.88. The highest BCUT2D eigenvalue weighted by Gasteiger charge is 2.41. The third-order valence-corrected chi connectivity index (χ3v) is 4.10. The molecule has 2 aromatic rings. The lowest BCUT2D eigenvalue weighted by Crippen LogP contribution is -2.41. The Morgan fingerprint density at radius 2 is 2.09 bits per heavy atom. The van der Waals surface area contributed by atoms with Crippen molar-refractivity contribution in [3.63, 3.8) is 0 Å². The summed E-state index contributed by atoms with van der Waals surface area (Å²) in [4.78, 5) is 27.3. The van der Waals surface area contributed by atoms with Gasteiger partial charge in [0.15, 0.2) is 0 Å². The van der Waals surface area contributed by atoms with Crippen LogP contribution in [0.15, 0.2) is 35.1 Å². The molecule has 114 valence electrons. The Labute approximate surface area is 127 Å². The summed E-state index contributed by atoms with van der Waals surface area (Å²) in [6, 6.07) is 5.51. The normalized spacial score (nSPS) is 20.2. The number of nitrogens with zero attached hydrogens (tertiary/aromatic N) is 1. The fourth-order valence-electron chi connectivity index (χ4n) is 2.59. The van der Waals surface area contributed by atoms with E-state index in [9.17, 15) is 9.59 Å². The van der Waals surface area contributed by atoms with Gasteiger partial charge in [-0.3, -0.25) is 9.59 Å². The van der Waals surface area contributed by atoms with E-state index in [1.54, 1.807) is 12.3 Å². The zero-order valence-corrected chi connectivity index (χ0v) is 12.1. The summed E-state index contributed by atoms with van der Waals surface area (Å²) in [7, 11) is 0. The maximum absolute atomic E-state index is 12.2. The molecule has 6 nitrogen and oxygen atoms in total. The molecule has 0 spiro atoms. The number of rotatable bonds is 4. The predicted molar refractivity (Wildman–Crippen MR) is 79.2 cm³/mol. The number of benzene rings is 1. The number of amides is 1. The third-order valence-electron chi connectivity index (χ3n) is 4.10. The molecule has 1 aromatic carbocycles. The van der Waals surface area contributed by atoms with Gasteiger partial charge in [0.2, 0.25) is 11.8 Å². The van der Waals surface area contributed by atoms with E-state index in [1.165, 1.54) is 6.26 Å². The smallest absolute Gasteiger partial charge is 0.307 e. The number of aliphatic carboxylic acids is 1. The molecule has 22 heavy (non-hydrogen) atoms. The van der Waals surface area contributed by atoms with E-state index in [4.69, 9.17) is 9.52 Å². The van der Waals surface area contributed by atoms with Crippen LogP contribution >= 0.6 is 0 Å². The van der Waals surface area contributed by atoms with Gasteiger partial charge >= 0.3 is 5.97 Å². The van der Waals surface area contributed by atoms with Crippen molar-refractivity contribution in [2.75, 3.05) is 5.32 Å². The van der Waals surface area contributed by atoms with Crippen molar-refractivity contribution in [2.45, 2.75) is 19.8 Å². The van der Waals surface area contributed by atoms with Gasteiger partial charge in [0.1, 0.15) is 6.26 Å². The van der Waals surface area contributed by atoms with E-state index in [-0.39, 0.29) is 5.91 Å². The van der Waals surface area contributed by atoms with E-state index < -0.39 is 17.8 Å². The lowest BCUT2D eigenvalue weighted by molar-refractivity contribution is -0.151. The first kappa shape index (κ1) is 14.3. The minimum atomic E-state index is -0.906. The van der Waals surface area contributed by atoms with Gasteiger partial charge in [-0.1, -0.05) is 6.07 Å². The number of carboxylic acid groups (broad SMARTS) is 1. The second-order valence-corrected chi connectivity index (χ2v) is 5.48. The van der Waals surface area contributed by atoms with Crippen LogP contribution < -0.4 is 5.32 Å². The van der Waals surface area contributed by atoms with Gasteiger partial charge in [-0.05, 0) is 37.5 Å². The number of anilines is 1. The molecule has 3 rings (SSSR count). The molecule has 1 aliphatic rings. The first-order valence-corrected chi connectivity index (χ1v) is 7.10. The van der Waals surface area contributed by atoms with Gasteiger partial charge in [-0.2, -0.15) is 0 Å². The Balaban J connectivity index is 1.79. The van der Waals surface area contributed by atoms with Gasteiger partial charge in [0.25, 0.3) is 0 Å². The van der Waals surface area contributed by atoms with E-state index in [0.717, 1.165) is 11.1 Å². The van der Waals surface area contributed by atoms with E-state index in [2.05, 4.69) is 10.3 Å². The van der Waals surface area contributed by atoms with Crippen LogP contribution in [-0.2, 0) is 9.59 Å². The maximum atomic E-state index is 12.2. The van der Waals surface area contributed by atoms with Crippen molar-refractivity contribution in [2.24, 2.45) is 11.8 Å². The Bertz CT molecular complexity index is 709. The van der Waals surface area contributed by atoms with Crippen LogP contribution in [0, 0.1) is 18.8 Å². The van der Waals surface area contributed by atoms with Crippen molar-refractivity contribution in [1.82, 2.24) is 4.98 Å². The molecule has 1 fully saturated rings. The highest BCUT2D eigenvalue weighted by molar-refractivity contribution is 5.97. The van der Waals surface area contributed by atoms with Crippen LogP contribution in [0.4, 0.5) is 5.69 Å². The molecule has 1 aromatic heterocycles. The van der Waals surface area contributed by atoms with Crippen molar-refractivity contribution in [3.8, 4) is 11.5 Å². The fraction of sp³-hybridized carbons (Fsp3) is 0.312. The number of carbonyl (C=O) groups is 2. The molecule has 2 atom stereocenters. The van der Waals surface area contributed by atoms with Gasteiger partial charge in [0, 0.05) is 11.3 Å². The summed E-state index contributed by atoms with van der Waals surface area (Å²) in [5.41, 5.74) is 2.31. The number of nitrogens with one attached hydrogen (secondary N) is 1. The quantitative estimate of drug-likeness (QED) is 0.905. The van der Waals surface area contributed by atoms with Crippen LogP contribution in [0.5, 0.6) is 0 Å². The van der Waals surface area contributed by atoms with E-state index in [1.807, 2.05) is 19.1 Å². The number of oxazole rings is 1. The number of hydrogen-bond acceptors (Lipinski definition) is 4. The molecule has 1 aliphatic carbocycles. The summed E-state index contributed by atoms with van der Waals surface area (Å²) in [5.74, 6) is -1.71. The van der Waals surface area contributed by atoms with Gasteiger partial charge < -0.3 is 14.8 Å². The van der Waals surface area contributed by atoms with Gasteiger partial charge in [-0.15, -0.1) is 0 Å². The fourth-order valence-corrected chi connectivity index (χ4v) is 2.59. The van der Waals surface area contributed by atoms with Gasteiger partial charge in [-0.25, -0.2) is 4.98 Å². The second kappa shape index (κ2) is 5.63. The maximum Gasteiger partial charge on any atom is 0.307 e. The van der Waals surface area contributed by atoms with Crippen LogP contribution in [0.2, 0.25) is 0 Å². The summed E-state index contributed by atoms with van der Waals surface area (Å²) in [6.07, 6.45) is 4.21. The zero-order valence-electron chi connectivity index (χ0n) is 12.1. The van der Waals surface area contributed by atoms with Crippen molar-refractivity contribution in [3.05, 3.63) is 36.2 Å². The first-order chi connectivity index (χ1) is 10.6. The lowest BCUT2D eigenvalue weighted by atomic mass is 9.73. The van der Waals surface area contributed by atoms with E-state index >= 15 is 0 Å². The molecule has 2 unspecified atom stereocenters. The molecule has 2 N–H and O–H groups in total. The number of hydrogen-bond donors (Lipinski definition) is 2.